The summed E-state index contributed by atoms with van der Waals surface area (Å²) in [5.74, 6) is 0. The molecule has 2 saturated heterocycles. The van der Waals surface area contributed by atoms with E-state index in [4.69, 9.17) is 18.9 Å². The number of ether oxygens (including phenoxy) is 4. The van der Waals surface area contributed by atoms with Crippen LogP contribution in [-0.2, 0) is 18.9 Å². The highest BCUT2D eigenvalue weighted by atomic mass is 16.7. The molecule has 2 fully saturated rings. The largest absolute Gasteiger partial charge is 0.394 e. The molecule has 11 atom stereocenters. The number of nitriles is 1. The van der Waals surface area contributed by atoms with E-state index in [1.54, 1.807) is 30.3 Å². The molecule has 32 heavy (non-hydrogen) atoms. The Labute approximate surface area is 183 Å². The molecular weight excluding hydrogens is 430 g/mol. The molecule has 178 valence electrons. The van der Waals surface area contributed by atoms with Gasteiger partial charge in [-0.25, -0.2) is 0 Å². The summed E-state index contributed by atoms with van der Waals surface area (Å²) < 4.78 is 21.6. The van der Waals surface area contributed by atoms with Crippen LogP contribution in [0.5, 0.6) is 0 Å². The van der Waals surface area contributed by atoms with E-state index in [1.807, 2.05) is 6.07 Å². The zero-order valence-electron chi connectivity index (χ0n) is 16.9. The van der Waals surface area contributed by atoms with Crippen LogP contribution < -0.4 is 0 Å². The highest BCUT2D eigenvalue weighted by molar-refractivity contribution is 5.22. The minimum Gasteiger partial charge on any atom is -0.394 e. The second-order valence-corrected chi connectivity index (χ2v) is 7.60. The van der Waals surface area contributed by atoms with Gasteiger partial charge in [-0.15, -0.1) is 0 Å². The lowest BCUT2D eigenvalue weighted by atomic mass is 9.98. The van der Waals surface area contributed by atoms with Gasteiger partial charge in [-0.3, -0.25) is 0 Å². The molecule has 0 amide bonds. The first-order valence-electron chi connectivity index (χ1n) is 10.00. The third-order valence-corrected chi connectivity index (χ3v) is 5.43. The molecule has 0 spiro atoms. The van der Waals surface area contributed by atoms with E-state index >= 15 is 0 Å². The summed E-state index contributed by atoms with van der Waals surface area (Å²) in [4.78, 5) is 0. The van der Waals surface area contributed by atoms with Crippen LogP contribution in [0.4, 0.5) is 0 Å². The molecule has 2 aliphatic heterocycles. The first-order valence-corrected chi connectivity index (χ1v) is 10.00. The molecule has 1 aromatic rings. The molecule has 2 aliphatic rings. The highest BCUT2D eigenvalue weighted by Gasteiger charge is 2.48. The van der Waals surface area contributed by atoms with Gasteiger partial charge in [-0.05, 0) is 5.56 Å². The molecule has 0 bridgehead atoms. The van der Waals surface area contributed by atoms with Crippen LogP contribution in [0.1, 0.15) is 11.7 Å². The third kappa shape index (κ3) is 5.25. The number of benzene rings is 1. The quantitative estimate of drug-likeness (QED) is 0.218. The van der Waals surface area contributed by atoms with E-state index in [0.717, 1.165) is 0 Å². The summed E-state index contributed by atoms with van der Waals surface area (Å²) in [6, 6.07) is 10.3. The van der Waals surface area contributed by atoms with E-state index in [9.17, 15) is 41.0 Å². The van der Waals surface area contributed by atoms with Crippen molar-refractivity contribution in [3.8, 4) is 6.07 Å². The Bertz CT molecular complexity index is 760. The molecule has 0 aliphatic carbocycles. The van der Waals surface area contributed by atoms with Crippen molar-refractivity contribution >= 4 is 0 Å². The van der Waals surface area contributed by atoms with Gasteiger partial charge >= 0.3 is 0 Å². The van der Waals surface area contributed by atoms with Crippen LogP contribution in [0.3, 0.4) is 0 Å². The van der Waals surface area contributed by atoms with Gasteiger partial charge in [-0.2, -0.15) is 5.26 Å². The van der Waals surface area contributed by atoms with Crippen LogP contribution in [0.2, 0.25) is 0 Å². The molecule has 0 radical (unpaired) electrons. The van der Waals surface area contributed by atoms with Crippen LogP contribution in [0, 0.1) is 11.3 Å². The SMILES string of the molecule is N#C[C@H](O[C@@H]1O[C@H](CO[C@@H]2O[C@H](CO)[C@@H](O)[C@@H](O)[C@@H]2O)[C@@H](O)[C@@H](O)[C@@H]1O)c1ccccc1. The van der Waals surface area contributed by atoms with Gasteiger partial charge in [0.2, 0.25) is 0 Å². The van der Waals surface area contributed by atoms with Gasteiger partial charge in [0.15, 0.2) is 18.7 Å². The van der Waals surface area contributed by atoms with Gasteiger partial charge in [0, 0.05) is 0 Å². The average molecular weight is 457 g/mol. The van der Waals surface area contributed by atoms with Crippen molar-refractivity contribution in [1.29, 1.82) is 5.26 Å². The summed E-state index contributed by atoms with van der Waals surface area (Å²) in [5, 5.41) is 79.1. The van der Waals surface area contributed by atoms with Crippen molar-refractivity contribution in [2.75, 3.05) is 13.2 Å². The zero-order chi connectivity index (χ0) is 23.4. The number of rotatable bonds is 7. The van der Waals surface area contributed by atoms with Crippen molar-refractivity contribution in [2.24, 2.45) is 0 Å². The molecule has 2 heterocycles. The summed E-state index contributed by atoms with van der Waals surface area (Å²) in [7, 11) is 0. The Morgan fingerprint density at radius 2 is 1.38 bits per heavy atom. The summed E-state index contributed by atoms with van der Waals surface area (Å²) in [6.45, 7) is -1.14. The van der Waals surface area contributed by atoms with E-state index < -0.39 is 80.7 Å². The molecular formula is C20H27NO11. The number of nitrogens with zero attached hydrogens (tertiary/aromatic N) is 1. The fraction of sp³-hybridized carbons (Fsp3) is 0.650. The van der Waals surface area contributed by atoms with E-state index in [2.05, 4.69) is 0 Å². The number of hydrogen-bond acceptors (Lipinski definition) is 12. The summed E-state index contributed by atoms with van der Waals surface area (Å²) in [6.07, 6.45) is -16.5. The van der Waals surface area contributed by atoms with E-state index in [1.165, 1.54) is 0 Å². The Morgan fingerprint density at radius 3 is 1.97 bits per heavy atom. The minimum absolute atomic E-state index is 0.487. The second-order valence-electron chi connectivity index (χ2n) is 7.60. The Hall–Kier alpha value is -1.73. The van der Waals surface area contributed by atoms with Crippen molar-refractivity contribution in [1.82, 2.24) is 0 Å². The smallest absolute Gasteiger partial charge is 0.188 e. The normalized spacial score (nSPS) is 41.1. The first kappa shape index (κ1) is 24.9. The van der Waals surface area contributed by atoms with Gasteiger partial charge in [0.25, 0.3) is 0 Å². The van der Waals surface area contributed by atoms with Gasteiger partial charge in [0.05, 0.1) is 19.3 Å². The molecule has 12 heteroatoms. The average Bonchev–Trinajstić information content (AvgIpc) is 2.81. The molecule has 7 N–H and O–H groups in total. The van der Waals surface area contributed by atoms with Gasteiger partial charge < -0.3 is 54.7 Å². The maximum atomic E-state index is 10.3. The highest BCUT2D eigenvalue weighted by Crippen LogP contribution is 2.28. The van der Waals surface area contributed by atoms with Crippen molar-refractivity contribution in [3.05, 3.63) is 35.9 Å². The fourth-order valence-electron chi connectivity index (χ4n) is 3.51. The van der Waals surface area contributed by atoms with E-state index in [-0.39, 0.29) is 0 Å². The van der Waals surface area contributed by atoms with Gasteiger partial charge in [-0.1, -0.05) is 30.3 Å². The Balaban J connectivity index is 1.65. The van der Waals surface area contributed by atoms with E-state index in [0.29, 0.717) is 5.56 Å². The maximum absolute atomic E-state index is 10.3. The molecule has 0 aromatic heterocycles. The number of aliphatic hydroxyl groups is 7. The van der Waals surface area contributed by atoms with Crippen LogP contribution in [0.15, 0.2) is 30.3 Å². The lowest BCUT2D eigenvalue weighted by Crippen LogP contribution is -2.61. The lowest BCUT2D eigenvalue weighted by Gasteiger charge is -2.43. The first-order chi connectivity index (χ1) is 15.3. The van der Waals surface area contributed by atoms with Crippen LogP contribution in [0.25, 0.3) is 0 Å². The standard InChI is InChI=1S/C20H27NO11/c21-6-10(9-4-2-1-3-5-9)30-20-18(28)16(26)14(24)12(32-20)8-29-19-17(27)15(25)13(23)11(7-22)31-19/h1-5,10-20,22-28H,7-8H2/t10-,11+,12+,13+,14+,15+,16+,17-,18-,19+,20+/m0/s1. The monoisotopic (exact) mass is 457 g/mol. The Morgan fingerprint density at radius 1 is 0.812 bits per heavy atom. The predicted molar refractivity (Wildman–Crippen MR) is 102 cm³/mol. The third-order valence-electron chi connectivity index (χ3n) is 5.43. The fourth-order valence-corrected chi connectivity index (χ4v) is 3.51. The molecule has 0 unspecified atom stereocenters. The molecule has 0 saturated carbocycles. The summed E-state index contributed by atoms with van der Waals surface area (Å²) in [5.41, 5.74) is 0.487. The van der Waals surface area contributed by atoms with Crippen LogP contribution >= 0.6 is 0 Å². The molecule has 12 nitrogen and oxygen atoms in total. The minimum atomic E-state index is -1.70. The van der Waals surface area contributed by atoms with Crippen molar-refractivity contribution < 1.29 is 54.7 Å². The number of aliphatic hydroxyl groups excluding tert-OH is 7. The van der Waals surface area contributed by atoms with Crippen molar-refractivity contribution in [3.63, 3.8) is 0 Å². The predicted octanol–water partition coefficient (Wildman–Crippen LogP) is -3.11. The maximum Gasteiger partial charge on any atom is 0.188 e. The second kappa shape index (κ2) is 10.9. The van der Waals surface area contributed by atoms with Gasteiger partial charge in [0.1, 0.15) is 48.8 Å². The Kier molecular flexibility index (Phi) is 8.50. The number of hydrogen-bond donors (Lipinski definition) is 7. The summed E-state index contributed by atoms with van der Waals surface area (Å²) >= 11 is 0. The molecule has 1 aromatic carbocycles. The molecule has 3 rings (SSSR count). The van der Waals surface area contributed by atoms with Crippen LogP contribution in [-0.4, -0.2) is 110 Å². The van der Waals surface area contributed by atoms with Crippen molar-refractivity contribution in [2.45, 2.75) is 67.5 Å². The topological polar surface area (TPSA) is 202 Å². The lowest BCUT2D eigenvalue weighted by molar-refractivity contribution is -0.334. The zero-order valence-corrected chi connectivity index (χ0v) is 16.9.